The lowest BCUT2D eigenvalue weighted by atomic mass is 10.2. The third kappa shape index (κ3) is 3.66. The number of ether oxygens (including phenoxy) is 1. The molecule has 4 aromatic rings. The molecule has 8 heteroatoms. The average Bonchev–Trinajstić information content (AvgIpc) is 2.81. The van der Waals surface area contributed by atoms with Crippen LogP contribution in [0.2, 0.25) is 0 Å². The lowest BCUT2D eigenvalue weighted by Gasteiger charge is -2.20. The number of nitrogens with zero attached hydrogens (tertiary/aromatic N) is 2. The van der Waals surface area contributed by atoms with Gasteiger partial charge in [-0.05, 0) is 55.5 Å². The van der Waals surface area contributed by atoms with Gasteiger partial charge in [0.25, 0.3) is 5.56 Å². The first-order chi connectivity index (χ1) is 15.4. The van der Waals surface area contributed by atoms with Crippen molar-refractivity contribution in [3.8, 4) is 11.4 Å². The highest BCUT2D eigenvalue weighted by Gasteiger charge is 2.23. The van der Waals surface area contributed by atoms with Gasteiger partial charge in [-0.3, -0.25) is 14.2 Å². The van der Waals surface area contributed by atoms with Crippen LogP contribution in [0.3, 0.4) is 0 Å². The molecule has 0 aliphatic heterocycles. The van der Waals surface area contributed by atoms with E-state index in [1.54, 1.807) is 55.5 Å². The zero-order valence-corrected chi connectivity index (χ0v) is 17.4. The monoisotopic (exact) mass is 433 g/mol. The number of benzene rings is 3. The molecule has 3 aromatic carbocycles. The van der Waals surface area contributed by atoms with Gasteiger partial charge in [0.15, 0.2) is 0 Å². The number of fused-ring (bicyclic) bond motifs is 1. The van der Waals surface area contributed by atoms with Crippen molar-refractivity contribution in [1.29, 1.82) is 0 Å². The molecule has 1 amide bonds. The number of aromatic nitrogens is 2. The van der Waals surface area contributed by atoms with Crippen LogP contribution in [0.5, 0.6) is 5.75 Å². The van der Waals surface area contributed by atoms with Crippen LogP contribution in [-0.4, -0.2) is 22.2 Å². The summed E-state index contributed by atoms with van der Waals surface area (Å²) in [5, 5.41) is 2.95. The Labute approximate surface area is 182 Å². The molecular formula is C24H20FN3O4. The Morgan fingerprint density at radius 1 is 0.969 bits per heavy atom. The van der Waals surface area contributed by atoms with Gasteiger partial charge < -0.3 is 10.1 Å². The second kappa shape index (κ2) is 8.50. The Hall–Kier alpha value is -4.20. The van der Waals surface area contributed by atoms with E-state index in [-0.39, 0.29) is 16.6 Å². The van der Waals surface area contributed by atoms with Crippen LogP contribution in [0.1, 0.15) is 13.0 Å². The number of halogens is 1. The number of carbonyl (C=O) groups excluding carboxylic acids is 1. The standard InChI is InChI=1S/C24H20FN3O4/c1-15(22(29)26-16-11-13-17(32-2)14-12-16)27-20-9-5-3-7-18(20)23(30)28(24(27)31)21-10-6-4-8-19(21)25/h3-15H,1-2H3,(H,26,29). The molecule has 7 nitrogen and oxygen atoms in total. The molecule has 0 saturated heterocycles. The van der Waals surface area contributed by atoms with Crippen LogP contribution in [0.4, 0.5) is 10.1 Å². The van der Waals surface area contributed by atoms with Crippen molar-refractivity contribution in [3.05, 3.63) is 99.5 Å². The predicted octanol–water partition coefficient (Wildman–Crippen LogP) is 3.50. The first-order valence-electron chi connectivity index (χ1n) is 9.88. The Balaban J connectivity index is 1.86. The van der Waals surface area contributed by atoms with E-state index in [9.17, 15) is 18.8 Å². The summed E-state index contributed by atoms with van der Waals surface area (Å²) in [4.78, 5) is 39.5. The number of rotatable bonds is 5. The highest BCUT2D eigenvalue weighted by Crippen LogP contribution is 2.19. The van der Waals surface area contributed by atoms with Gasteiger partial charge in [-0.25, -0.2) is 13.8 Å². The molecule has 0 aliphatic rings. The van der Waals surface area contributed by atoms with E-state index in [2.05, 4.69) is 5.32 Å². The molecule has 32 heavy (non-hydrogen) atoms. The topological polar surface area (TPSA) is 82.3 Å². The Morgan fingerprint density at radius 2 is 1.62 bits per heavy atom. The molecule has 162 valence electrons. The molecule has 0 fully saturated rings. The van der Waals surface area contributed by atoms with Crippen molar-refractivity contribution >= 4 is 22.5 Å². The average molecular weight is 433 g/mol. The van der Waals surface area contributed by atoms with Gasteiger partial charge >= 0.3 is 5.69 Å². The van der Waals surface area contributed by atoms with E-state index < -0.39 is 29.0 Å². The van der Waals surface area contributed by atoms with E-state index in [1.165, 1.54) is 35.9 Å². The van der Waals surface area contributed by atoms with E-state index in [0.717, 1.165) is 4.57 Å². The first kappa shape index (κ1) is 21.0. The second-order valence-corrected chi connectivity index (χ2v) is 7.16. The highest BCUT2D eigenvalue weighted by atomic mass is 19.1. The van der Waals surface area contributed by atoms with Gasteiger partial charge in [-0.15, -0.1) is 0 Å². The number of nitrogens with one attached hydrogen (secondary N) is 1. The SMILES string of the molecule is COc1ccc(NC(=O)C(C)n2c(=O)n(-c3ccccc3F)c(=O)c3ccccc32)cc1. The third-order valence-electron chi connectivity index (χ3n) is 5.21. The molecule has 1 N–H and O–H groups in total. The van der Waals surface area contributed by atoms with Gasteiger partial charge in [0.2, 0.25) is 5.91 Å². The third-order valence-corrected chi connectivity index (χ3v) is 5.21. The second-order valence-electron chi connectivity index (χ2n) is 7.16. The molecule has 1 aromatic heterocycles. The lowest BCUT2D eigenvalue weighted by molar-refractivity contribution is -0.118. The fourth-order valence-corrected chi connectivity index (χ4v) is 3.54. The summed E-state index contributed by atoms with van der Waals surface area (Å²) in [5.41, 5.74) is -0.842. The lowest BCUT2D eigenvalue weighted by Crippen LogP contribution is -2.42. The number of anilines is 1. The van der Waals surface area contributed by atoms with E-state index in [0.29, 0.717) is 11.4 Å². The van der Waals surface area contributed by atoms with Crippen LogP contribution >= 0.6 is 0 Å². The molecule has 0 aliphatic carbocycles. The summed E-state index contributed by atoms with van der Waals surface area (Å²) >= 11 is 0. The molecule has 4 rings (SSSR count). The van der Waals surface area contributed by atoms with Crippen LogP contribution < -0.4 is 21.3 Å². The van der Waals surface area contributed by atoms with Crippen molar-refractivity contribution in [3.63, 3.8) is 0 Å². The smallest absolute Gasteiger partial charge is 0.336 e. The van der Waals surface area contributed by atoms with E-state index in [4.69, 9.17) is 4.74 Å². The molecule has 1 heterocycles. The van der Waals surface area contributed by atoms with Gasteiger partial charge in [0.1, 0.15) is 17.6 Å². The van der Waals surface area contributed by atoms with Crippen LogP contribution in [0.25, 0.3) is 16.6 Å². The molecule has 1 unspecified atom stereocenters. The number of methoxy groups -OCH3 is 1. The normalized spacial score (nSPS) is 11.8. The Kier molecular flexibility index (Phi) is 5.59. The number of amides is 1. The Bertz CT molecular complexity index is 1420. The molecule has 0 spiro atoms. The van der Waals surface area contributed by atoms with Crippen LogP contribution in [0, 0.1) is 5.82 Å². The van der Waals surface area contributed by atoms with Crippen molar-refractivity contribution < 1.29 is 13.9 Å². The molecule has 1 atom stereocenters. The Morgan fingerprint density at radius 3 is 2.31 bits per heavy atom. The maximum atomic E-state index is 14.5. The van der Waals surface area contributed by atoms with E-state index in [1.807, 2.05) is 0 Å². The summed E-state index contributed by atoms with van der Waals surface area (Å²) in [7, 11) is 1.54. The molecule has 0 radical (unpaired) electrons. The number of para-hydroxylation sites is 2. The predicted molar refractivity (Wildman–Crippen MR) is 120 cm³/mol. The largest absolute Gasteiger partial charge is 0.497 e. The maximum absolute atomic E-state index is 14.5. The van der Waals surface area contributed by atoms with Crippen molar-refractivity contribution in [2.75, 3.05) is 12.4 Å². The number of hydrogen-bond acceptors (Lipinski definition) is 4. The molecule has 0 saturated carbocycles. The first-order valence-corrected chi connectivity index (χ1v) is 9.88. The molecule has 0 bridgehead atoms. The van der Waals surface area contributed by atoms with Crippen molar-refractivity contribution in [2.24, 2.45) is 0 Å². The minimum absolute atomic E-state index is 0.176. The minimum atomic E-state index is -0.992. The van der Waals surface area contributed by atoms with Crippen LogP contribution in [-0.2, 0) is 4.79 Å². The number of hydrogen-bond donors (Lipinski definition) is 1. The van der Waals surface area contributed by atoms with Gasteiger partial charge in [0.05, 0.1) is 23.7 Å². The summed E-state index contributed by atoms with van der Waals surface area (Å²) < 4.78 is 21.5. The fraction of sp³-hybridized carbons (Fsp3) is 0.125. The summed E-state index contributed by atoms with van der Waals surface area (Å²) in [5.74, 6) is -0.555. The minimum Gasteiger partial charge on any atom is -0.497 e. The fourth-order valence-electron chi connectivity index (χ4n) is 3.54. The zero-order valence-electron chi connectivity index (χ0n) is 17.4. The molecular weight excluding hydrogens is 413 g/mol. The van der Waals surface area contributed by atoms with E-state index >= 15 is 0 Å². The highest BCUT2D eigenvalue weighted by molar-refractivity contribution is 5.94. The van der Waals surface area contributed by atoms with Gasteiger partial charge in [-0.1, -0.05) is 24.3 Å². The summed E-state index contributed by atoms with van der Waals surface area (Å²) in [6, 6.07) is 17.7. The summed E-state index contributed by atoms with van der Waals surface area (Å²) in [6.07, 6.45) is 0. The zero-order chi connectivity index (χ0) is 22.8. The van der Waals surface area contributed by atoms with Crippen molar-refractivity contribution in [1.82, 2.24) is 9.13 Å². The van der Waals surface area contributed by atoms with Gasteiger partial charge in [0, 0.05) is 5.69 Å². The van der Waals surface area contributed by atoms with Gasteiger partial charge in [-0.2, -0.15) is 0 Å². The number of carbonyl (C=O) groups is 1. The van der Waals surface area contributed by atoms with Crippen molar-refractivity contribution in [2.45, 2.75) is 13.0 Å². The maximum Gasteiger partial charge on any atom is 0.336 e. The van der Waals surface area contributed by atoms with Crippen LogP contribution in [0.15, 0.2) is 82.4 Å². The summed E-state index contributed by atoms with van der Waals surface area (Å²) in [6.45, 7) is 1.54. The quantitative estimate of drug-likeness (QED) is 0.522.